The van der Waals surface area contributed by atoms with E-state index in [0.717, 1.165) is 5.56 Å². The Balaban J connectivity index is 2.36. The van der Waals surface area contributed by atoms with Crippen LogP contribution in [0.4, 0.5) is 0 Å². The van der Waals surface area contributed by atoms with Gasteiger partial charge in [0.1, 0.15) is 17.6 Å². The van der Waals surface area contributed by atoms with E-state index in [0.29, 0.717) is 18.3 Å². The number of benzene rings is 2. The van der Waals surface area contributed by atoms with Gasteiger partial charge in [0, 0.05) is 0 Å². The summed E-state index contributed by atoms with van der Waals surface area (Å²) >= 11 is 0. The van der Waals surface area contributed by atoms with Gasteiger partial charge in [-0.3, -0.25) is 9.59 Å². The maximum Gasteiger partial charge on any atom is 0.153 e. The molecule has 0 aliphatic heterocycles. The lowest BCUT2D eigenvalue weighted by Gasteiger charge is -2.17. The molecule has 0 amide bonds. The van der Waals surface area contributed by atoms with Crippen LogP contribution in [0.1, 0.15) is 32.4 Å². The minimum atomic E-state index is -0.422. The fourth-order valence-electron chi connectivity index (χ4n) is 1.94. The summed E-state index contributed by atoms with van der Waals surface area (Å²) in [5, 5.41) is 9.68. The molecule has 0 spiro atoms. The highest BCUT2D eigenvalue weighted by Gasteiger charge is 2.13. The Bertz CT molecular complexity index is 633. The molecular formula is C17H14O4. The highest BCUT2D eigenvalue weighted by Crippen LogP contribution is 2.29. The molecule has 0 aliphatic carbocycles. The van der Waals surface area contributed by atoms with E-state index >= 15 is 0 Å². The van der Waals surface area contributed by atoms with Gasteiger partial charge >= 0.3 is 0 Å². The third-order valence-electron chi connectivity index (χ3n) is 3.00. The molecule has 0 aromatic heterocycles. The maximum absolute atomic E-state index is 10.9. The van der Waals surface area contributed by atoms with Gasteiger partial charge in [-0.25, -0.2) is 0 Å². The molecule has 0 fully saturated rings. The van der Waals surface area contributed by atoms with Gasteiger partial charge in [0.05, 0.1) is 11.1 Å². The minimum Gasteiger partial charge on any atom is -0.506 e. The average Bonchev–Trinajstić information content (AvgIpc) is 2.54. The standard InChI is InChI=1S/C17H14O4/c1-2-16(12-6-4-3-5-7-12)21-15-8-13(10-18)17(20)14(9-15)11-19/h2-11,16,20H,1H2. The number of hydrogen-bond acceptors (Lipinski definition) is 4. The van der Waals surface area contributed by atoms with Crippen LogP contribution in [0.2, 0.25) is 0 Å². The van der Waals surface area contributed by atoms with Crippen LogP contribution < -0.4 is 4.74 Å². The van der Waals surface area contributed by atoms with Crippen LogP contribution in [0, 0.1) is 0 Å². The second-order valence-electron chi connectivity index (χ2n) is 4.37. The summed E-state index contributed by atoms with van der Waals surface area (Å²) in [4.78, 5) is 21.8. The number of ether oxygens (including phenoxy) is 1. The molecule has 1 unspecified atom stereocenters. The zero-order chi connectivity index (χ0) is 15.2. The van der Waals surface area contributed by atoms with Crippen molar-refractivity contribution < 1.29 is 19.4 Å². The molecule has 0 aliphatic rings. The van der Waals surface area contributed by atoms with E-state index in [1.807, 2.05) is 30.3 Å². The highest BCUT2D eigenvalue weighted by molar-refractivity contribution is 5.89. The molecule has 0 heterocycles. The molecule has 1 N–H and O–H groups in total. The third kappa shape index (κ3) is 3.17. The van der Waals surface area contributed by atoms with Crippen molar-refractivity contribution in [3.63, 3.8) is 0 Å². The molecule has 2 aromatic rings. The molecular weight excluding hydrogens is 268 g/mol. The minimum absolute atomic E-state index is 0.00507. The number of rotatable bonds is 6. The van der Waals surface area contributed by atoms with Gasteiger partial charge < -0.3 is 9.84 Å². The first-order valence-electron chi connectivity index (χ1n) is 6.31. The lowest BCUT2D eigenvalue weighted by molar-refractivity contribution is 0.111. The summed E-state index contributed by atoms with van der Waals surface area (Å²) in [6.07, 6.45) is 2.14. The highest BCUT2D eigenvalue weighted by atomic mass is 16.5. The number of carbonyl (C=O) groups excluding carboxylic acids is 2. The van der Waals surface area contributed by atoms with Crippen LogP contribution in [-0.2, 0) is 0 Å². The molecule has 0 saturated carbocycles. The maximum atomic E-state index is 10.9. The van der Waals surface area contributed by atoms with E-state index in [-0.39, 0.29) is 16.9 Å². The van der Waals surface area contributed by atoms with Crippen LogP contribution in [0.15, 0.2) is 55.1 Å². The fourth-order valence-corrected chi connectivity index (χ4v) is 1.94. The van der Waals surface area contributed by atoms with Crippen molar-refractivity contribution in [3.8, 4) is 11.5 Å². The van der Waals surface area contributed by atoms with Crippen LogP contribution in [0.5, 0.6) is 11.5 Å². The number of phenols is 1. The predicted molar refractivity (Wildman–Crippen MR) is 78.9 cm³/mol. The molecule has 4 heteroatoms. The first-order chi connectivity index (χ1) is 10.2. The van der Waals surface area contributed by atoms with Crippen molar-refractivity contribution in [2.45, 2.75) is 6.10 Å². The number of hydrogen-bond donors (Lipinski definition) is 1. The number of aromatic hydroxyl groups is 1. The van der Waals surface area contributed by atoms with Gasteiger partial charge in [-0.15, -0.1) is 0 Å². The van der Waals surface area contributed by atoms with Crippen molar-refractivity contribution in [2.75, 3.05) is 0 Å². The van der Waals surface area contributed by atoms with Gasteiger partial charge in [-0.2, -0.15) is 0 Å². The van der Waals surface area contributed by atoms with Gasteiger partial charge in [-0.1, -0.05) is 36.9 Å². The van der Waals surface area contributed by atoms with Crippen molar-refractivity contribution in [1.29, 1.82) is 0 Å². The van der Waals surface area contributed by atoms with E-state index < -0.39 is 6.10 Å². The summed E-state index contributed by atoms with van der Waals surface area (Å²) in [6.45, 7) is 3.72. The largest absolute Gasteiger partial charge is 0.506 e. The molecule has 106 valence electrons. The number of aldehydes is 2. The Morgan fingerprint density at radius 2 is 1.62 bits per heavy atom. The molecule has 0 saturated heterocycles. The van der Waals surface area contributed by atoms with Crippen molar-refractivity contribution in [1.82, 2.24) is 0 Å². The first-order valence-corrected chi connectivity index (χ1v) is 6.31. The van der Waals surface area contributed by atoms with Crippen molar-refractivity contribution >= 4 is 12.6 Å². The van der Waals surface area contributed by atoms with E-state index in [2.05, 4.69) is 6.58 Å². The third-order valence-corrected chi connectivity index (χ3v) is 3.00. The van der Waals surface area contributed by atoms with E-state index in [4.69, 9.17) is 4.74 Å². The molecule has 21 heavy (non-hydrogen) atoms. The molecule has 0 bridgehead atoms. The lowest BCUT2D eigenvalue weighted by atomic mass is 10.1. The van der Waals surface area contributed by atoms with Gasteiger partial charge in [-0.05, 0) is 23.8 Å². The Labute approximate surface area is 122 Å². The normalized spacial score (nSPS) is 11.4. The molecule has 1 atom stereocenters. The monoisotopic (exact) mass is 282 g/mol. The van der Waals surface area contributed by atoms with E-state index in [1.165, 1.54) is 12.1 Å². The SMILES string of the molecule is C=CC(Oc1cc(C=O)c(O)c(C=O)c1)c1ccccc1. The summed E-state index contributed by atoms with van der Waals surface area (Å²) in [5.41, 5.74) is 0.900. The van der Waals surface area contributed by atoms with Gasteiger partial charge in [0.15, 0.2) is 12.6 Å². The van der Waals surface area contributed by atoms with Crippen molar-refractivity contribution in [3.05, 3.63) is 71.8 Å². The second-order valence-corrected chi connectivity index (χ2v) is 4.37. The van der Waals surface area contributed by atoms with Crippen LogP contribution in [0.3, 0.4) is 0 Å². The summed E-state index contributed by atoms with van der Waals surface area (Å²) < 4.78 is 5.74. The average molecular weight is 282 g/mol. The summed E-state index contributed by atoms with van der Waals surface area (Å²) in [6, 6.07) is 12.2. The number of phenolic OH excluding ortho intramolecular Hbond substituents is 1. The Hall–Kier alpha value is -2.88. The van der Waals surface area contributed by atoms with Crippen LogP contribution >= 0.6 is 0 Å². The fraction of sp³-hybridized carbons (Fsp3) is 0.0588. The molecule has 0 radical (unpaired) electrons. The first kappa shape index (κ1) is 14.5. The summed E-state index contributed by atoms with van der Waals surface area (Å²) in [7, 11) is 0. The predicted octanol–water partition coefficient (Wildman–Crippen LogP) is 3.32. The van der Waals surface area contributed by atoms with E-state index in [9.17, 15) is 14.7 Å². The van der Waals surface area contributed by atoms with Gasteiger partial charge in [0.2, 0.25) is 0 Å². The number of carbonyl (C=O) groups is 2. The molecule has 4 nitrogen and oxygen atoms in total. The molecule has 2 rings (SSSR count). The van der Waals surface area contributed by atoms with Crippen molar-refractivity contribution in [2.24, 2.45) is 0 Å². The second kappa shape index (κ2) is 6.52. The Morgan fingerprint density at radius 1 is 1.05 bits per heavy atom. The Morgan fingerprint density at radius 3 is 2.10 bits per heavy atom. The van der Waals surface area contributed by atoms with Gasteiger partial charge in [0.25, 0.3) is 0 Å². The zero-order valence-corrected chi connectivity index (χ0v) is 11.2. The molecule has 2 aromatic carbocycles. The Kier molecular flexibility index (Phi) is 4.51. The van der Waals surface area contributed by atoms with Crippen LogP contribution in [-0.4, -0.2) is 17.7 Å². The quantitative estimate of drug-likeness (QED) is 0.652. The smallest absolute Gasteiger partial charge is 0.153 e. The van der Waals surface area contributed by atoms with E-state index in [1.54, 1.807) is 6.08 Å². The lowest BCUT2D eigenvalue weighted by Crippen LogP contribution is -2.05. The topological polar surface area (TPSA) is 63.6 Å². The summed E-state index contributed by atoms with van der Waals surface area (Å²) in [5.74, 6) is -0.0343. The van der Waals surface area contributed by atoms with Crippen LogP contribution in [0.25, 0.3) is 0 Å². The zero-order valence-electron chi connectivity index (χ0n) is 11.2.